The lowest BCUT2D eigenvalue weighted by atomic mass is 9.91. The predicted octanol–water partition coefficient (Wildman–Crippen LogP) is 0.130. The highest BCUT2D eigenvalue weighted by molar-refractivity contribution is 4.92. The van der Waals surface area contributed by atoms with E-state index in [2.05, 4.69) is 0 Å². The molecule has 0 aromatic heterocycles. The van der Waals surface area contributed by atoms with Crippen LogP contribution in [0.4, 0.5) is 0 Å². The van der Waals surface area contributed by atoms with Gasteiger partial charge in [-0.15, -0.1) is 0 Å². The molecule has 2 saturated heterocycles. The van der Waals surface area contributed by atoms with Crippen LogP contribution in [0.2, 0.25) is 0 Å². The molecule has 3 nitrogen and oxygen atoms in total. The lowest BCUT2D eigenvalue weighted by molar-refractivity contribution is -0.0911. The second-order valence-corrected chi connectivity index (χ2v) is 3.30. The van der Waals surface area contributed by atoms with Gasteiger partial charge >= 0.3 is 0 Å². The molecular weight excluding hydrogens is 132 g/mol. The quantitative estimate of drug-likeness (QED) is 0.525. The summed E-state index contributed by atoms with van der Waals surface area (Å²) in [7, 11) is 0. The molecule has 1 N–H and O–H groups in total. The van der Waals surface area contributed by atoms with E-state index < -0.39 is 5.60 Å². The van der Waals surface area contributed by atoms with E-state index in [0.29, 0.717) is 6.61 Å². The summed E-state index contributed by atoms with van der Waals surface area (Å²) in [6.45, 7) is 2.96. The molecule has 0 saturated carbocycles. The Morgan fingerprint density at radius 2 is 2.30 bits per heavy atom. The molecule has 58 valence electrons. The van der Waals surface area contributed by atoms with Crippen molar-refractivity contribution in [1.29, 1.82) is 0 Å². The van der Waals surface area contributed by atoms with E-state index in [1.807, 2.05) is 6.92 Å². The van der Waals surface area contributed by atoms with Gasteiger partial charge in [0.1, 0.15) is 0 Å². The highest BCUT2D eigenvalue weighted by atomic mass is 16.7. The second-order valence-electron chi connectivity index (χ2n) is 3.30. The van der Waals surface area contributed by atoms with E-state index in [9.17, 15) is 5.11 Å². The fraction of sp³-hybridized carbons (Fsp3) is 1.00. The molecule has 0 aromatic carbocycles. The van der Waals surface area contributed by atoms with E-state index in [4.69, 9.17) is 9.47 Å². The largest absolute Gasteiger partial charge is 0.387 e. The summed E-state index contributed by atoms with van der Waals surface area (Å²) in [5.41, 5.74) is -0.652. The molecule has 0 aliphatic carbocycles. The highest BCUT2D eigenvalue weighted by Crippen LogP contribution is 2.37. The first-order chi connectivity index (χ1) is 4.70. The zero-order chi connectivity index (χ0) is 7.19. The molecule has 2 fully saturated rings. The maximum Gasteiger partial charge on any atom is 0.163 e. The molecular formula is C7H12O3. The smallest absolute Gasteiger partial charge is 0.163 e. The van der Waals surface area contributed by atoms with Crippen molar-refractivity contribution in [1.82, 2.24) is 0 Å². The fourth-order valence-corrected chi connectivity index (χ4v) is 1.69. The summed E-state index contributed by atoms with van der Waals surface area (Å²) < 4.78 is 10.5. The van der Waals surface area contributed by atoms with Gasteiger partial charge in [0.05, 0.1) is 18.8 Å². The van der Waals surface area contributed by atoms with Crippen LogP contribution in [0.5, 0.6) is 0 Å². The van der Waals surface area contributed by atoms with Gasteiger partial charge in [-0.1, -0.05) is 0 Å². The summed E-state index contributed by atoms with van der Waals surface area (Å²) in [6.07, 6.45) is 0.799. The van der Waals surface area contributed by atoms with E-state index in [1.54, 1.807) is 0 Å². The van der Waals surface area contributed by atoms with E-state index in [1.165, 1.54) is 0 Å². The minimum Gasteiger partial charge on any atom is -0.387 e. The topological polar surface area (TPSA) is 38.7 Å². The molecule has 3 atom stereocenters. The minimum absolute atomic E-state index is 0.130. The van der Waals surface area contributed by atoms with Crippen molar-refractivity contribution >= 4 is 0 Å². The van der Waals surface area contributed by atoms with E-state index in [-0.39, 0.29) is 12.2 Å². The number of rotatable bonds is 0. The molecule has 10 heavy (non-hydrogen) atoms. The third-order valence-corrected chi connectivity index (χ3v) is 2.38. The number of hydrogen-bond acceptors (Lipinski definition) is 3. The van der Waals surface area contributed by atoms with Crippen LogP contribution in [0.3, 0.4) is 0 Å². The van der Waals surface area contributed by atoms with Gasteiger partial charge in [0, 0.05) is 5.92 Å². The Labute approximate surface area is 59.9 Å². The lowest BCUT2D eigenvalue weighted by Gasteiger charge is -2.19. The molecule has 0 bridgehead atoms. The molecule has 2 aliphatic heterocycles. The Balaban J connectivity index is 2.16. The number of ether oxygens (including phenoxy) is 2. The Morgan fingerprint density at radius 1 is 1.50 bits per heavy atom. The van der Waals surface area contributed by atoms with Crippen LogP contribution in [-0.2, 0) is 9.47 Å². The number of hydrogen-bond donors (Lipinski definition) is 1. The van der Waals surface area contributed by atoms with Crippen LogP contribution in [0.25, 0.3) is 0 Å². The number of fused-ring (bicyclic) bond motifs is 1. The van der Waals surface area contributed by atoms with Gasteiger partial charge in [-0.25, -0.2) is 0 Å². The average Bonchev–Trinajstić information content (AvgIpc) is 2.36. The van der Waals surface area contributed by atoms with Crippen LogP contribution in [-0.4, -0.2) is 30.2 Å². The maximum absolute atomic E-state index is 9.66. The van der Waals surface area contributed by atoms with Gasteiger partial charge in [-0.3, -0.25) is 0 Å². The van der Waals surface area contributed by atoms with Crippen LogP contribution < -0.4 is 0 Å². The first kappa shape index (κ1) is 6.58. The Kier molecular flexibility index (Phi) is 1.27. The number of aliphatic hydroxyl groups is 1. The first-order valence-corrected chi connectivity index (χ1v) is 3.66. The van der Waals surface area contributed by atoms with Crippen molar-refractivity contribution in [3.63, 3.8) is 0 Å². The van der Waals surface area contributed by atoms with Crippen molar-refractivity contribution in [3.8, 4) is 0 Å². The Hall–Kier alpha value is -0.120. The van der Waals surface area contributed by atoms with E-state index >= 15 is 0 Å². The van der Waals surface area contributed by atoms with Crippen molar-refractivity contribution in [2.24, 2.45) is 5.92 Å². The molecule has 0 amide bonds. The molecule has 0 spiro atoms. The Bertz CT molecular complexity index is 144. The van der Waals surface area contributed by atoms with Gasteiger partial charge < -0.3 is 14.6 Å². The van der Waals surface area contributed by atoms with Crippen molar-refractivity contribution in [3.05, 3.63) is 0 Å². The van der Waals surface area contributed by atoms with Crippen LogP contribution >= 0.6 is 0 Å². The molecule has 2 rings (SSSR count). The van der Waals surface area contributed by atoms with Crippen LogP contribution in [0.1, 0.15) is 13.3 Å². The normalized spacial score (nSPS) is 53.4. The third kappa shape index (κ3) is 0.779. The van der Waals surface area contributed by atoms with Crippen LogP contribution in [0, 0.1) is 5.92 Å². The SMILES string of the molecule is CC1(O)CO[C@H]2OCC[C@H]21. The molecule has 0 radical (unpaired) electrons. The summed E-state index contributed by atoms with van der Waals surface area (Å²) in [4.78, 5) is 0. The maximum atomic E-state index is 9.66. The predicted molar refractivity (Wildman–Crippen MR) is 34.4 cm³/mol. The average molecular weight is 144 g/mol. The van der Waals surface area contributed by atoms with E-state index in [0.717, 1.165) is 13.0 Å². The summed E-state index contributed by atoms with van der Waals surface area (Å²) in [5.74, 6) is 0.201. The molecule has 2 heterocycles. The molecule has 3 heteroatoms. The Morgan fingerprint density at radius 3 is 3.00 bits per heavy atom. The highest BCUT2D eigenvalue weighted by Gasteiger charge is 2.48. The first-order valence-electron chi connectivity index (χ1n) is 3.66. The minimum atomic E-state index is -0.652. The second kappa shape index (κ2) is 1.94. The van der Waals surface area contributed by atoms with Gasteiger partial charge in [0.2, 0.25) is 0 Å². The fourth-order valence-electron chi connectivity index (χ4n) is 1.69. The summed E-state index contributed by atoms with van der Waals surface area (Å²) in [5, 5.41) is 9.66. The van der Waals surface area contributed by atoms with Crippen LogP contribution in [0.15, 0.2) is 0 Å². The van der Waals surface area contributed by atoms with Crippen molar-refractivity contribution in [2.75, 3.05) is 13.2 Å². The molecule has 1 unspecified atom stereocenters. The van der Waals surface area contributed by atoms with Gasteiger partial charge in [0.25, 0.3) is 0 Å². The van der Waals surface area contributed by atoms with Gasteiger partial charge in [-0.2, -0.15) is 0 Å². The van der Waals surface area contributed by atoms with Gasteiger partial charge in [0.15, 0.2) is 6.29 Å². The monoisotopic (exact) mass is 144 g/mol. The lowest BCUT2D eigenvalue weighted by Crippen LogP contribution is -2.33. The standard InChI is InChI=1S/C7H12O3/c1-7(8)4-10-6-5(7)2-3-9-6/h5-6,8H,2-4H2,1H3/t5-,6-,7?/m1/s1. The molecule has 2 aliphatic rings. The zero-order valence-electron chi connectivity index (χ0n) is 6.04. The third-order valence-electron chi connectivity index (χ3n) is 2.38. The summed E-state index contributed by atoms with van der Waals surface area (Å²) >= 11 is 0. The van der Waals surface area contributed by atoms with Gasteiger partial charge in [-0.05, 0) is 13.3 Å². The van der Waals surface area contributed by atoms with Crippen molar-refractivity contribution in [2.45, 2.75) is 25.2 Å². The molecule has 0 aromatic rings. The van der Waals surface area contributed by atoms with Crippen molar-refractivity contribution < 1.29 is 14.6 Å². The summed E-state index contributed by atoms with van der Waals surface area (Å²) in [6, 6.07) is 0. The zero-order valence-corrected chi connectivity index (χ0v) is 6.04.